The molecule has 0 amide bonds. The smallest absolute Gasteiger partial charge is 0.145 e. The van der Waals surface area contributed by atoms with E-state index in [9.17, 15) is 10.2 Å². The molecule has 31 heavy (non-hydrogen) atoms. The molecule has 0 bridgehead atoms. The molecule has 1 saturated carbocycles. The van der Waals surface area contributed by atoms with Gasteiger partial charge in [-0.05, 0) is 36.6 Å². The highest BCUT2D eigenvalue weighted by molar-refractivity contribution is 6.33. The van der Waals surface area contributed by atoms with E-state index in [1.165, 1.54) is 6.33 Å². The maximum atomic E-state index is 11.0. The fraction of sp³-hybridized carbons (Fsp3) is 0.391. The Labute approximate surface area is 185 Å². The van der Waals surface area contributed by atoms with Crippen molar-refractivity contribution in [3.8, 4) is 5.75 Å². The molecule has 164 valence electrons. The lowest BCUT2D eigenvalue weighted by Crippen LogP contribution is -2.39. The van der Waals surface area contributed by atoms with Crippen LogP contribution < -0.4 is 4.74 Å². The average Bonchev–Trinajstić information content (AvgIpc) is 3.31. The van der Waals surface area contributed by atoms with Gasteiger partial charge in [0.1, 0.15) is 29.0 Å². The van der Waals surface area contributed by atoms with Crippen molar-refractivity contribution < 1.29 is 19.7 Å². The molecule has 0 unspecified atom stereocenters. The van der Waals surface area contributed by atoms with Gasteiger partial charge in [0.05, 0.1) is 37.9 Å². The number of fused-ring (bicyclic) bond motifs is 1. The number of aliphatic hydroxyl groups excluding tert-OH is 2. The standard InChI is InChI=1S/C23H26ClN3O4/c1-3-9-23(13-31-12-15-4-6-16(30-2)7-5-15)11-18(19(28)20(23)29)27-10-8-17-21(24)25-14-26-22(17)27/h3-8,10,14,18-20,28-29H,1,9,11-13H2,2H3/t18-,19+,20+,23+/m1/s1. The van der Waals surface area contributed by atoms with Gasteiger partial charge >= 0.3 is 0 Å². The summed E-state index contributed by atoms with van der Waals surface area (Å²) < 4.78 is 13.1. The molecular formula is C23H26ClN3O4. The maximum absolute atomic E-state index is 11.0. The number of aliphatic hydroxyl groups is 2. The van der Waals surface area contributed by atoms with E-state index < -0.39 is 17.6 Å². The van der Waals surface area contributed by atoms with E-state index in [1.807, 2.05) is 41.1 Å². The first-order chi connectivity index (χ1) is 15.0. The van der Waals surface area contributed by atoms with Crippen molar-refractivity contribution in [3.05, 3.63) is 66.2 Å². The van der Waals surface area contributed by atoms with Crippen LogP contribution in [0.4, 0.5) is 0 Å². The summed E-state index contributed by atoms with van der Waals surface area (Å²) >= 11 is 6.18. The van der Waals surface area contributed by atoms with Gasteiger partial charge in [0.25, 0.3) is 0 Å². The Bertz CT molecular complexity index is 1050. The molecule has 2 heterocycles. The molecule has 0 radical (unpaired) electrons. The molecule has 1 aliphatic rings. The van der Waals surface area contributed by atoms with E-state index in [2.05, 4.69) is 16.5 Å². The predicted octanol–water partition coefficient (Wildman–Crippen LogP) is 3.54. The SMILES string of the molecule is C=CC[C@@]1(COCc2ccc(OC)cc2)C[C@@H](n2ccc3c(Cl)ncnc32)[C@H](O)[C@@H]1O. The van der Waals surface area contributed by atoms with Crippen LogP contribution in [-0.2, 0) is 11.3 Å². The Morgan fingerprint density at radius 2 is 2.03 bits per heavy atom. The molecule has 0 spiro atoms. The Balaban J connectivity index is 1.54. The van der Waals surface area contributed by atoms with E-state index in [4.69, 9.17) is 21.1 Å². The second-order valence-electron chi connectivity index (χ2n) is 8.03. The zero-order valence-electron chi connectivity index (χ0n) is 17.3. The van der Waals surface area contributed by atoms with Gasteiger partial charge in [-0.3, -0.25) is 0 Å². The van der Waals surface area contributed by atoms with E-state index >= 15 is 0 Å². The van der Waals surface area contributed by atoms with Crippen LogP contribution in [0, 0.1) is 5.41 Å². The molecule has 3 aromatic rings. The average molecular weight is 444 g/mol. The number of hydrogen-bond acceptors (Lipinski definition) is 6. The van der Waals surface area contributed by atoms with E-state index in [0.29, 0.717) is 35.6 Å². The molecule has 8 heteroatoms. The molecule has 0 aliphatic heterocycles. The van der Waals surface area contributed by atoms with Crippen LogP contribution in [0.15, 0.2) is 55.5 Å². The fourth-order valence-corrected chi connectivity index (χ4v) is 4.68. The van der Waals surface area contributed by atoms with Crippen molar-refractivity contribution in [2.24, 2.45) is 5.41 Å². The minimum Gasteiger partial charge on any atom is -0.497 e. The van der Waals surface area contributed by atoms with Crippen molar-refractivity contribution in [1.29, 1.82) is 0 Å². The molecule has 1 aliphatic carbocycles. The lowest BCUT2D eigenvalue weighted by molar-refractivity contribution is -0.0663. The molecule has 4 atom stereocenters. The van der Waals surface area contributed by atoms with Crippen LogP contribution in [-0.4, -0.2) is 50.7 Å². The number of ether oxygens (including phenoxy) is 2. The lowest BCUT2D eigenvalue weighted by atomic mass is 9.81. The van der Waals surface area contributed by atoms with E-state index in [1.54, 1.807) is 13.2 Å². The summed E-state index contributed by atoms with van der Waals surface area (Å²) in [6.07, 6.45) is 4.06. The second-order valence-corrected chi connectivity index (χ2v) is 8.39. The number of nitrogens with zero attached hydrogens (tertiary/aromatic N) is 3. The van der Waals surface area contributed by atoms with Crippen LogP contribution in [0.2, 0.25) is 5.15 Å². The van der Waals surface area contributed by atoms with Gasteiger partial charge in [0.2, 0.25) is 0 Å². The van der Waals surface area contributed by atoms with Crippen molar-refractivity contribution in [2.45, 2.75) is 37.7 Å². The number of halogens is 1. The molecule has 7 nitrogen and oxygen atoms in total. The van der Waals surface area contributed by atoms with Gasteiger partial charge in [0.15, 0.2) is 0 Å². The van der Waals surface area contributed by atoms with Gasteiger partial charge in [-0.2, -0.15) is 0 Å². The van der Waals surface area contributed by atoms with E-state index in [-0.39, 0.29) is 12.6 Å². The first kappa shape index (κ1) is 21.8. The molecule has 1 fully saturated rings. The number of rotatable bonds is 8. The highest BCUT2D eigenvalue weighted by atomic mass is 35.5. The van der Waals surface area contributed by atoms with Gasteiger partial charge in [0, 0.05) is 11.6 Å². The quantitative estimate of drug-likeness (QED) is 0.409. The molecule has 2 N–H and O–H groups in total. The largest absolute Gasteiger partial charge is 0.497 e. The first-order valence-corrected chi connectivity index (χ1v) is 10.5. The summed E-state index contributed by atoms with van der Waals surface area (Å²) in [6, 6.07) is 9.10. The normalized spacial score (nSPS) is 25.7. The number of aromatic nitrogens is 3. The zero-order chi connectivity index (χ0) is 22.0. The topological polar surface area (TPSA) is 89.6 Å². The maximum Gasteiger partial charge on any atom is 0.145 e. The minimum atomic E-state index is -0.978. The van der Waals surface area contributed by atoms with Crippen LogP contribution in [0.3, 0.4) is 0 Å². The summed E-state index contributed by atoms with van der Waals surface area (Å²) in [5.41, 5.74) is 0.970. The predicted molar refractivity (Wildman–Crippen MR) is 118 cm³/mol. The number of methoxy groups -OCH3 is 1. The molecule has 2 aromatic heterocycles. The Kier molecular flexibility index (Phi) is 6.29. The van der Waals surface area contributed by atoms with Crippen molar-refractivity contribution in [2.75, 3.05) is 13.7 Å². The van der Waals surface area contributed by atoms with Gasteiger partial charge in [-0.15, -0.1) is 6.58 Å². The summed E-state index contributed by atoms with van der Waals surface area (Å²) in [5.74, 6) is 0.784. The highest BCUT2D eigenvalue weighted by Crippen LogP contribution is 2.48. The summed E-state index contributed by atoms with van der Waals surface area (Å²) in [6.45, 7) is 4.54. The number of allylic oxidation sites excluding steroid dienone is 1. The van der Waals surface area contributed by atoms with Crippen molar-refractivity contribution >= 4 is 22.6 Å². The van der Waals surface area contributed by atoms with Crippen LogP contribution >= 0.6 is 11.6 Å². The molecule has 1 aromatic carbocycles. The monoisotopic (exact) mass is 443 g/mol. The van der Waals surface area contributed by atoms with Crippen LogP contribution in [0.25, 0.3) is 11.0 Å². The first-order valence-electron chi connectivity index (χ1n) is 10.1. The second kappa shape index (κ2) is 8.96. The number of hydrogen-bond donors (Lipinski definition) is 2. The van der Waals surface area contributed by atoms with Crippen molar-refractivity contribution in [3.63, 3.8) is 0 Å². The number of benzene rings is 1. The van der Waals surface area contributed by atoms with Gasteiger partial charge in [-0.25, -0.2) is 9.97 Å². The third-order valence-corrected chi connectivity index (χ3v) is 6.45. The third-order valence-electron chi connectivity index (χ3n) is 6.15. The fourth-order valence-electron chi connectivity index (χ4n) is 4.49. The minimum absolute atomic E-state index is 0.286. The van der Waals surface area contributed by atoms with Crippen molar-refractivity contribution in [1.82, 2.24) is 14.5 Å². The molecule has 4 rings (SSSR count). The molecular weight excluding hydrogens is 418 g/mol. The van der Waals surface area contributed by atoms with Crippen LogP contribution in [0.5, 0.6) is 5.75 Å². The Hall–Kier alpha value is -2.45. The third kappa shape index (κ3) is 4.06. The highest BCUT2D eigenvalue weighted by Gasteiger charge is 2.53. The van der Waals surface area contributed by atoms with Gasteiger partial charge in [-0.1, -0.05) is 29.8 Å². The van der Waals surface area contributed by atoms with Crippen LogP contribution in [0.1, 0.15) is 24.4 Å². The Morgan fingerprint density at radius 1 is 1.26 bits per heavy atom. The lowest BCUT2D eigenvalue weighted by Gasteiger charge is -2.31. The Morgan fingerprint density at radius 3 is 2.74 bits per heavy atom. The summed E-state index contributed by atoms with van der Waals surface area (Å²) in [7, 11) is 1.63. The summed E-state index contributed by atoms with van der Waals surface area (Å²) in [4.78, 5) is 8.34. The van der Waals surface area contributed by atoms with Gasteiger partial charge < -0.3 is 24.3 Å². The molecule has 0 saturated heterocycles. The summed E-state index contributed by atoms with van der Waals surface area (Å²) in [5, 5.41) is 23.0. The zero-order valence-corrected chi connectivity index (χ0v) is 18.1. The van der Waals surface area contributed by atoms with E-state index in [0.717, 1.165) is 11.3 Å².